The maximum absolute atomic E-state index is 12.4. The summed E-state index contributed by atoms with van der Waals surface area (Å²) in [6.45, 7) is 11.2. The van der Waals surface area contributed by atoms with Crippen LogP contribution in [-0.2, 0) is 4.79 Å². The molecule has 0 spiro atoms. The Bertz CT molecular complexity index is 562. The van der Waals surface area contributed by atoms with E-state index in [2.05, 4.69) is 31.0 Å². The van der Waals surface area contributed by atoms with Crippen molar-refractivity contribution in [1.29, 1.82) is 0 Å². The fourth-order valence-electron chi connectivity index (χ4n) is 3.08. The van der Waals surface area contributed by atoms with E-state index in [1.807, 2.05) is 12.1 Å². The molecular formula is C19H29ClN2O2. The zero-order valence-corrected chi connectivity index (χ0v) is 15.9. The fraction of sp³-hybridized carbons (Fsp3) is 0.632. The molecule has 1 fully saturated rings. The zero-order valence-electron chi connectivity index (χ0n) is 15.1. The molecule has 134 valence electrons. The molecule has 2 atom stereocenters. The van der Waals surface area contributed by atoms with Crippen LogP contribution in [0, 0.1) is 5.92 Å². The number of rotatable bonds is 6. The van der Waals surface area contributed by atoms with E-state index >= 15 is 0 Å². The normalized spacial score (nSPS) is 20.5. The molecule has 24 heavy (non-hydrogen) atoms. The van der Waals surface area contributed by atoms with Crippen molar-refractivity contribution in [3.05, 3.63) is 29.3 Å². The number of halogens is 1. The van der Waals surface area contributed by atoms with Gasteiger partial charge in [0.2, 0.25) is 0 Å². The second kappa shape index (κ2) is 8.21. The highest BCUT2D eigenvalue weighted by atomic mass is 35.5. The predicted octanol–water partition coefficient (Wildman–Crippen LogP) is 3.73. The van der Waals surface area contributed by atoms with Crippen LogP contribution in [0.3, 0.4) is 0 Å². The molecular weight excluding hydrogens is 324 g/mol. The first kappa shape index (κ1) is 19.1. The van der Waals surface area contributed by atoms with Gasteiger partial charge in [0.15, 0.2) is 6.10 Å². The van der Waals surface area contributed by atoms with Crippen LogP contribution in [0.25, 0.3) is 0 Å². The Morgan fingerprint density at radius 3 is 2.83 bits per heavy atom. The summed E-state index contributed by atoms with van der Waals surface area (Å²) in [4.78, 5) is 14.8. The summed E-state index contributed by atoms with van der Waals surface area (Å²) < 4.78 is 5.68. The first-order valence-electron chi connectivity index (χ1n) is 8.73. The number of benzene rings is 1. The Morgan fingerprint density at radius 2 is 2.17 bits per heavy atom. The molecule has 2 rings (SSSR count). The molecule has 0 aliphatic carbocycles. The highest BCUT2D eigenvalue weighted by Gasteiger charge is 2.31. The molecule has 1 aromatic rings. The van der Waals surface area contributed by atoms with Crippen LogP contribution in [0.4, 0.5) is 0 Å². The van der Waals surface area contributed by atoms with Crippen molar-refractivity contribution in [2.45, 2.75) is 52.2 Å². The van der Waals surface area contributed by atoms with Crippen molar-refractivity contribution in [1.82, 2.24) is 10.2 Å². The van der Waals surface area contributed by atoms with Crippen molar-refractivity contribution in [3.63, 3.8) is 0 Å². The van der Waals surface area contributed by atoms with Gasteiger partial charge in [0.05, 0.1) is 5.02 Å². The molecule has 1 aliphatic rings. The Morgan fingerprint density at radius 1 is 1.46 bits per heavy atom. The number of carbonyl (C=O) groups excluding carboxylic acids is 1. The van der Waals surface area contributed by atoms with Crippen molar-refractivity contribution in [2.24, 2.45) is 5.92 Å². The minimum Gasteiger partial charge on any atom is -0.479 e. The number of nitrogens with one attached hydrogen (secondary N) is 1. The van der Waals surface area contributed by atoms with Crippen LogP contribution in [-0.4, -0.2) is 42.1 Å². The van der Waals surface area contributed by atoms with E-state index in [4.69, 9.17) is 16.3 Å². The lowest BCUT2D eigenvalue weighted by Gasteiger charge is -2.43. The van der Waals surface area contributed by atoms with E-state index in [0.717, 1.165) is 19.0 Å². The molecule has 5 heteroatoms. The van der Waals surface area contributed by atoms with Crippen LogP contribution in [0.15, 0.2) is 24.3 Å². The minimum absolute atomic E-state index is 0.0611. The van der Waals surface area contributed by atoms with Gasteiger partial charge in [-0.05, 0) is 58.2 Å². The van der Waals surface area contributed by atoms with E-state index in [0.29, 0.717) is 17.3 Å². The van der Waals surface area contributed by atoms with Gasteiger partial charge in [-0.3, -0.25) is 9.69 Å². The molecule has 0 bridgehead atoms. The molecule has 2 unspecified atom stereocenters. The molecule has 1 aromatic carbocycles. The maximum atomic E-state index is 12.4. The highest BCUT2D eigenvalue weighted by molar-refractivity contribution is 6.32. The minimum atomic E-state index is -0.582. The van der Waals surface area contributed by atoms with Crippen molar-refractivity contribution >= 4 is 17.5 Å². The molecule has 1 N–H and O–H groups in total. The van der Waals surface area contributed by atoms with Crippen LogP contribution in [0.1, 0.15) is 40.5 Å². The highest BCUT2D eigenvalue weighted by Crippen LogP contribution is 2.25. The summed E-state index contributed by atoms with van der Waals surface area (Å²) in [7, 11) is 0. The van der Waals surface area contributed by atoms with E-state index < -0.39 is 6.10 Å². The van der Waals surface area contributed by atoms with Crippen LogP contribution < -0.4 is 10.1 Å². The Labute approximate surface area is 150 Å². The summed E-state index contributed by atoms with van der Waals surface area (Å²) >= 11 is 6.07. The third kappa shape index (κ3) is 5.12. The maximum Gasteiger partial charge on any atom is 0.260 e. The standard InChI is InChI=1S/C19H29ClN2O2/c1-14-8-7-11-22(12-14)19(3,4)13-21-18(23)15(2)24-17-10-6-5-9-16(17)20/h5-6,9-10,14-15H,7-8,11-13H2,1-4H3,(H,21,23). The third-order valence-corrected chi connectivity index (χ3v) is 5.03. The predicted molar refractivity (Wildman–Crippen MR) is 98.6 cm³/mol. The number of nitrogens with zero attached hydrogens (tertiary/aromatic N) is 1. The van der Waals surface area contributed by atoms with Crippen LogP contribution >= 0.6 is 11.6 Å². The monoisotopic (exact) mass is 352 g/mol. The van der Waals surface area contributed by atoms with Gasteiger partial charge in [-0.25, -0.2) is 0 Å². The average molecular weight is 353 g/mol. The van der Waals surface area contributed by atoms with Gasteiger partial charge in [-0.1, -0.05) is 30.7 Å². The van der Waals surface area contributed by atoms with Crippen molar-refractivity contribution in [3.8, 4) is 5.75 Å². The van der Waals surface area contributed by atoms with Gasteiger partial charge in [0, 0.05) is 18.6 Å². The molecule has 1 heterocycles. The molecule has 1 saturated heterocycles. The number of hydrogen-bond acceptors (Lipinski definition) is 3. The first-order chi connectivity index (χ1) is 11.3. The lowest BCUT2D eigenvalue weighted by atomic mass is 9.93. The third-order valence-electron chi connectivity index (χ3n) is 4.72. The van der Waals surface area contributed by atoms with E-state index in [1.165, 1.54) is 12.8 Å². The number of ether oxygens (including phenoxy) is 1. The SMILES string of the molecule is CC1CCCN(C(C)(C)CNC(=O)C(C)Oc2ccccc2Cl)C1. The second-order valence-electron chi connectivity index (χ2n) is 7.41. The molecule has 4 nitrogen and oxygen atoms in total. The van der Waals surface area contributed by atoms with Gasteiger partial charge in [-0.15, -0.1) is 0 Å². The number of carbonyl (C=O) groups is 1. The Balaban J connectivity index is 1.86. The molecule has 0 saturated carbocycles. The van der Waals surface area contributed by atoms with Gasteiger partial charge >= 0.3 is 0 Å². The van der Waals surface area contributed by atoms with Gasteiger partial charge in [0.1, 0.15) is 5.75 Å². The fourth-order valence-corrected chi connectivity index (χ4v) is 3.26. The van der Waals surface area contributed by atoms with Crippen LogP contribution in [0.2, 0.25) is 5.02 Å². The summed E-state index contributed by atoms with van der Waals surface area (Å²) in [5, 5.41) is 3.54. The smallest absolute Gasteiger partial charge is 0.260 e. The number of likely N-dealkylation sites (tertiary alicyclic amines) is 1. The van der Waals surface area contributed by atoms with Gasteiger partial charge in [-0.2, -0.15) is 0 Å². The Kier molecular flexibility index (Phi) is 6.53. The van der Waals surface area contributed by atoms with Gasteiger partial charge < -0.3 is 10.1 Å². The number of amides is 1. The molecule has 1 aliphatic heterocycles. The van der Waals surface area contributed by atoms with Crippen molar-refractivity contribution in [2.75, 3.05) is 19.6 Å². The first-order valence-corrected chi connectivity index (χ1v) is 9.11. The molecule has 0 aromatic heterocycles. The molecule has 0 radical (unpaired) electrons. The number of hydrogen-bond donors (Lipinski definition) is 1. The summed E-state index contributed by atoms with van der Waals surface area (Å²) in [6.07, 6.45) is 1.94. The summed E-state index contributed by atoms with van der Waals surface area (Å²) in [5.41, 5.74) is -0.0611. The van der Waals surface area contributed by atoms with E-state index in [1.54, 1.807) is 19.1 Å². The second-order valence-corrected chi connectivity index (χ2v) is 7.82. The quantitative estimate of drug-likeness (QED) is 0.848. The lowest BCUT2D eigenvalue weighted by molar-refractivity contribution is -0.127. The number of piperidine rings is 1. The van der Waals surface area contributed by atoms with E-state index in [-0.39, 0.29) is 11.4 Å². The van der Waals surface area contributed by atoms with Crippen molar-refractivity contribution < 1.29 is 9.53 Å². The van der Waals surface area contributed by atoms with E-state index in [9.17, 15) is 4.79 Å². The summed E-state index contributed by atoms with van der Waals surface area (Å²) in [6, 6.07) is 7.20. The molecule has 1 amide bonds. The topological polar surface area (TPSA) is 41.6 Å². The largest absolute Gasteiger partial charge is 0.479 e. The lowest BCUT2D eigenvalue weighted by Crippen LogP contribution is -2.55. The summed E-state index contributed by atoms with van der Waals surface area (Å²) in [5.74, 6) is 1.13. The zero-order chi connectivity index (χ0) is 17.7. The van der Waals surface area contributed by atoms with Gasteiger partial charge in [0.25, 0.3) is 5.91 Å². The Hall–Kier alpha value is -1.26. The average Bonchev–Trinajstić information content (AvgIpc) is 2.54. The number of para-hydroxylation sites is 1. The van der Waals surface area contributed by atoms with Crippen LogP contribution in [0.5, 0.6) is 5.75 Å².